The van der Waals surface area contributed by atoms with Crippen molar-refractivity contribution >= 4 is 11.7 Å². The first kappa shape index (κ1) is 19.2. The van der Waals surface area contributed by atoms with E-state index in [1.54, 1.807) is 0 Å². The van der Waals surface area contributed by atoms with Gasteiger partial charge in [0.05, 0.1) is 13.1 Å². The van der Waals surface area contributed by atoms with Crippen molar-refractivity contribution in [3.05, 3.63) is 23.4 Å². The average Bonchev–Trinajstić information content (AvgIpc) is 3.13. The summed E-state index contributed by atoms with van der Waals surface area (Å²) in [5.41, 5.74) is 2.32. The fourth-order valence-electron chi connectivity index (χ4n) is 5.08. The maximum Gasteiger partial charge on any atom is 0.236 e. The third kappa shape index (κ3) is 4.12. The molecule has 2 saturated heterocycles. The van der Waals surface area contributed by atoms with Crippen LogP contribution in [0, 0.1) is 0 Å². The van der Waals surface area contributed by atoms with Crippen molar-refractivity contribution in [2.45, 2.75) is 50.9 Å². The molecule has 29 heavy (non-hydrogen) atoms. The van der Waals surface area contributed by atoms with Gasteiger partial charge in [0.2, 0.25) is 5.91 Å². The molecule has 1 atom stereocenters. The molecule has 0 radical (unpaired) electrons. The van der Waals surface area contributed by atoms with Gasteiger partial charge in [-0.25, -0.2) is 9.37 Å². The molecule has 0 N–H and O–H groups in total. The maximum absolute atomic E-state index is 13.5. The molecule has 1 amide bonds. The molecule has 4 aliphatic rings. The van der Waals surface area contributed by atoms with Crippen molar-refractivity contribution in [3.63, 3.8) is 0 Å². The van der Waals surface area contributed by atoms with Gasteiger partial charge in [0.1, 0.15) is 12.0 Å². The fourth-order valence-corrected chi connectivity index (χ4v) is 5.08. The summed E-state index contributed by atoms with van der Waals surface area (Å²) >= 11 is 0. The Morgan fingerprint density at radius 1 is 1.07 bits per heavy atom. The molecule has 0 aromatic carbocycles. The zero-order valence-electron chi connectivity index (χ0n) is 17.2. The minimum Gasteiger partial charge on any atom is -0.354 e. The number of rotatable bonds is 4. The Balaban J connectivity index is 1.13. The third-order valence-electron chi connectivity index (χ3n) is 7.18. The van der Waals surface area contributed by atoms with Crippen LogP contribution in [0.2, 0.25) is 0 Å². The Morgan fingerprint density at radius 3 is 2.59 bits per heavy atom. The predicted molar refractivity (Wildman–Crippen MR) is 111 cm³/mol. The van der Waals surface area contributed by atoms with Crippen molar-refractivity contribution in [1.29, 1.82) is 0 Å². The maximum atomic E-state index is 13.5. The largest absolute Gasteiger partial charge is 0.354 e. The van der Waals surface area contributed by atoms with Gasteiger partial charge in [-0.15, -0.1) is 0 Å². The number of aromatic nitrogens is 1. The van der Waals surface area contributed by atoms with Crippen LogP contribution in [0.3, 0.4) is 0 Å². The minimum absolute atomic E-state index is 0.261. The van der Waals surface area contributed by atoms with Gasteiger partial charge in [-0.3, -0.25) is 14.6 Å². The van der Waals surface area contributed by atoms with Crippen molar-refractivity contribution in [2.75, 3.05) is 57.3 Å². The van der Waals surface area contributed by atoms with Crippen LogP contribution >= 0.6 is 0 Å². The lowest BCUT2D eigenvalue weighted by atomic mass is 9.91. The fraction of sp³-hybridized carbons (Fsp3) is 0.727. The van der Waals surface area contributed by atoms with E-state index in [-0.39, 0.29) is 5.91 Å². The number of carbonyl (C=O) groups is 1. The molecule has 1 saturated carbocycles. The van der Waals surface area contributed by atoms with Gasteiger partial charge in [-0.2, -0.15) is 0 Å². The Bertz CT molecular complexity index is 747. The number of fused-ring (bicyclic) bond motifs is 1. The van der Waals surface area contributed by atoms with Gasteiger partial charge in [0, 0.05) is 64.0 Å². The Kier molecular flexibility index (Phi) is 5.43. The highest BCUT2D eigenvalue weighted by molar-refractivity contribution is 5.78. The summed E-state index contributed by atoms with van der Waals surface area (Å²) in [7, 11) is 0. The molecule has 1 aliphatic carbocycles. The summed E-state index contributed by atoms with van der Waals surface area (Å²) in [6.45, 7) is 7.16. The molecule has 7 heteroatoms. The van der Waals surface area contributed by atoms with E-state index in [4.69, 9.17) is 4.98 Å². The number of pyridine rings is 1. The number of piperazine rings is 1. The van der Waals surface area contributed by atoms with Gasteiger partial charge in [0.25, 0.3) is 0 Å². The lowest BCUT2D eigenvalue weighted by Crippen LogP contribution is -2.55. The summed E-state index contributed by atoms with van der Waals surface area (Å²) in [6, 6.07) is 4.92. The zero-order valence-corrected chi connectivity index (χ0v) is 17.2. The molecule has 5 rings (SSSR count). The second-order valence-corrected chi connectivity index (χ2v) is 9.07. The number of hydrogen-bond acceptors (Lipinski definition) is 5. The van der Waals surface area contributed by atoms with Crippen LogP contribution in [-0.4, -0.2) is 90.2 Å². The Labute approximate surface area is 172 Å². The highest BCUT2D eigenvalue weighted by Gasteiger charge is 2.30. The molecule has 3 fully saturated rings. The highest BCUT2D eigenvalue weighted by Crippen LogP contribution is 2.26. The summed E-state index contributed by atoms with van der Waals surface area (Å²) in [5.74, 6) is 1.16. The third-order valence-corrected chi connectivity index (χ3v) is 7.18. The summed E-state index contributed by atoms with van der Waals surface area (Å²) in [4.78, 5) is 26.5. The number of amides is 1. The smallest absolute Gasteiger partial charge is 0.236 e. The standard InChI is InChI=1S/C22H32FN5O/c23-18-6-9-28(15-18)21-5-4-17-14-25(8-7-20(17)24-21)16-22(29)27-12-10-26(11-13-27)19-2-1-3-19/h4-5,18-19H,1-3,6-16H2. The van der Waals surface area contributed by atoms with Crippen molar-refractivity contribution in [3.8, 4) is 0 Å². The molecule has 6 nitrogen and oxygen atoms in total. The van der Waals surface area contributed by atoms with Gasteiger partial charge in [0.15, 0.2) is 0 Å². The number of carbonyl (C=O) groups excluding carboxylic acids is 1. The van der Waals surface area contributed by atoms with Gasteiger partial charge in [-0.05, 0) is 30.9 Å². The zero-order chi connectivity index (χ0) is 19.8. The number of anilines is 1. The van der Waals surface area contributed by atoms with Crippen molar-refractivity contribution in [1.82, 2.24) is 19.7 Å². The van der Waals surface area contributed by atoms with E-state index in [0.29, 0.717) is 19.5 Å². The molecule has 4 heterocycles. The average molecular weight is 402 g/mol. The lowest BCUT2D eigenvalue weighted by molar-refractivity contribution is -0.135. The molecule has 3 aliphatic heterocycles. The van der Waals surface area contributed by atoms with E-state index in [2.05, 4.69) is 15.9 Å². The lowest BCUT2D eigenvalue weighted by Gasteiger charge is -2.43. The molecule has 0 bridgehead atoms. The van der Waals surface area contributed by atoms with Crippen LogP contribution in [0.4, 0.5) is 10.2 Å². The number of hydrogen-bond donors (Lipinski definition) is 0. The SMILES string of the molecule is O=C(CN1CCc2nc(N3CCC(F)C3)ccc2C1)N1CCN(C2CCC2)CC1. The first-order valence-corrected chi connectivity index (χ1v) is 11.3. The van der Waals surface area contributed by atoms with Gasteiger partial charge >= 0.3 is 0 Å². The van der Waals surface area contributed by atoms with Crippen LogP contribution in [-0.2, 0) is 17.8 Å². The first-order chi connectivity index (χ1) is 14.2. The second-order valence-electron chi connectivity index (χ2n) is 9.07. The highest BCUT2D eigenvalue weighted by atomic mass is 19.1. The molecular weight excluding hydrogens is 369 g/mol. The molecule has 158 valence electrons. The van der Waals surface area contributed by atoms with E-state index in [1.807, 2.05) is 15.9 Å². The van der Waals surface area contributed by atoms with E-state index in [0.717, 1.165) is 69.8 Å². The summed E-state index contributed by atoms with van der Waals surface area (Å²) in [5, 5.41) is 0. The quantitative estimate of drug-likeness (QED) is 0.768. The van der Waals surface area contributed by atoms with Crippen LogP contribution in [0.15, 0.2) is 12.1 Å². The summed E-state index contributed by atoms with van der Waals surface area (Å²) in [6.07, 6.45) is 4.77. The van der Waals surface area contributed by atoms with E-state index in [1.165, 1.54) is 24.8 Å². The molecule has 1 aromatic heterocycles. The van der Waals surface area contributed by atoms with Gasteiger partial charge in [-0.1, -0.05) is 12.5 Å². The van der Waals surface area contributed by atoms with E-state index >= 15 is 0 Å². The normalized spacial score (nSPS) is 26.4. The molecule has 1 aromatic rings. The van der Waals surface area contributed by atoms with E-state index < -0.39 is 6.17 Å². The molecule has 1 unspecified atom stereocenters. The Hall–Kier alpha value is -1.73. The summed E-state index contributed by atoms with van der Waals surface area (Å²) < 4.78 is 13.5. The second kappa shape index (κ2) is 8.19. The minimum atomic E-state index is -0.732. The van der Waals surface area contributed by atoms with Crippen LogP contribution in [0.25, 0.3) is 0 Å². The van der Waals surface area contributed by atoms with Crippen LogP contribution in [0.1, 0.15) is 36.9 Å². The van der Waals surface area contributed by atoms with Crippen molar-refractivity contribution in [2.24, 2.45) is 0 Å². The molecular formula is C22H32FN5O. The number of nitrogens with zero attached hydrogens (tertiary/aromatic N) is 5. The van der Waals surface area contributed by atoms with E-state index in [9.17, 15) is 9.18 Å². The predicted octanol–water partition coefficient (Wildman–Crippen LogP) is 1.68. The number of alkyl halides is 1. The van der Waals surface area contributed by atoms with Crippen LogP contribution < -0.4 is 4.90 Å². The van der Waals surface area contributed by atoms with Gasteiger partial charge < -0.3 is 9.80 Å². The van der Waals surface area contributed by atoms with Crippen LogP contribution in [0.5, 0.6) is 0 Å². The Morgan fingerprint density at radius 2 is 1.90 bits per heavy atom. The first-order valence-electron chi connectivity index (χ1n) is 11.3. The number of halogens is 1. The molecule has 0 spiro atoms. The van der Waals surface area contributed by atoms with Crippen molar-refractivity contribution < 1.29 is 9.18 Å². The monoisotopic (exact) mass is 401 g/mol. The topological polar surface area (TPSA) is 42.9 Å².